The molecule has 0 aromatic heterocycles. The molecule has 0 fully saturated rings. The fourth-order valence-corrected chi connectivity index (χ4v) is 0.587. The van der Waals surface area contributed by atoms with E-state index in [1.54, 1.807) is 0 Å². The van der Waals surface area contributed by atoms with Gasteiger partial charge in [0.05, 0.1) is 0 Å². The molecule has 10 heavy (non-hydrogen) atoms. The van der Waals surface area contributed by atoms with Gasteiger partial charge in [-0.2, -0.15) is 0 Å². The third kappa shape index (κ3) is 3.96. The quantitative estimate of drug-likeness (QED) is 0.581. The van der Waals surface area contributed by atoms with E-state index < -0.39 is 0 Å². The lowest BCUT2D eigenvalue weighted by Crippen LogP contribution is -1.92. The Morgan fingerprint density at radius 1 is 1.30 bits per heavy atom. The first kappa shape index (κ1) is 9.02. The first-order chi connectivity index (χ1) is 4.70. The van der Waals surface area contributed by atoms with Gasteiger partial charge in [-0.05, 0) is 32.9 Å². The van der Waals surface area contributed by atoms with E-state index >= 15 is 0 Å². The van der Waals surface area contributed by atoms with Crippen LogP contribution in [-0.2, 0) is 0 Å². The topological polar surface area (TPSA) is 26.0 Å². The van der Waals surface area contributed by atoms with Gasteiger partial charge in [0.2, 0.25) is 0 Å². The summed E-state index contributed by atoms with van der Waals surface area (Å²) >= 11 is 0. The van der Waals surface area contributed by atoms with Gasteiger partial charge in [-0.3, -0.25) is 0 Å². The lowest BCUT2D eigenvalue weighted by Gasteiger charge is -1.91. The van der Waals surface area contributed by atoms with E-state index in [0.717, 1.165) is 5.70 Å². The molecule has 0 bridgehead atoms. The maximum absolute atomic E-state index is 5.59. The van der Waals surface area contributed by atoms with E-state index in [-0.39, 0.29) is 0 Å². The van der Waals surface area contributed by atoms with Crippen molar-refractivity contribution in [1.29, 1.82) is 0 Å². The van der Waals surface area contributed by atoms with Crippen molar-refractivity contribution in [1.82, 2.24) is 0 Å². The van der Waals surface area contributed by atoms with Crippen molar-refractivity contribution in [2.45, 2.75) is 20.8 Å². The zero-order chi connectivity index (χ0) is 7.98. The monoisotopic (exact) mass is 137 g/mol. The minimum absolute atomic E-state index is 0.804. The Labute approximate surface area is 62.9 Å². The van der Waals surface area contributed by atoms with Gasteiger partial charge in [0.25, 0.3) is 0 Å². The Bertz CT molecular complexity index is 173. The minimum atomic E-state index is 0.804. The van der Waals surface area contributed by atoms with Crippen LogP contribution in [-0.4, -0.2) is 0 Å². The molecule has 2 N–H and O–H groups in total. The van der Waals surface area contributed by atoms with Crippen molar-refractivity contribution in [3.63, 3.8) is 0 Å². The number of hydrogen-bond donors (Lipinski definition) is 1. The molecular weight excluding hydrogens is 122 g/mol. The summed E-state index contributed by atoms with van der Waals surface area (Å²) in [4.78, 5) is 0. The van der Waals surface area contributed by atoms with Crippen LogP contribution in [0.3, 0.4) is 0 Å². The molecule has 0 atom stereocenters. The molecule has 1 nitrogen and oxygen atoms in total. The van der Waals surface area contributed by atoms with E-state index in [1.807, 2.05) is 45.1 Å². The van der Waals surface area contributed by atoms with Gasteiger partial charge in [0.1, 0.15) is 0 Å². The predicted molar refractivity (Wildman–Crippen MR) is 46.5 cm³/mol. The second-order valence-electron chi connectivity index (χ2n) is 2.18. The molecule has 0 saturated carbocycles. The summed E-state index contributed by atoms with van der Waals surface area (Å²) < 4.78 is 0. The first-order valence-electron chi connectivity index (χ1n) is 3.43. The molecule has 1 heteroatoms. The lowest BCUT2D eigenvalue weighted by atomic mass is 10.2. The van der Waals surface area contributed by atoms with Crippen molar-refractivity contribution in [2.75, 3.05) is 0 Å². The zero-order valence-corrected chi connectivity index (χ0v) is 6.89. The van der Waals surface area contributed by atoms with Gasteiger partial charge in [-0.1, -0.05) is 17.7 Å². The van der Waals surface area contributed by atoms with Crippen LogP contribution in [0.15, 0.2) is 35.6 Å². The Balaban J connectivity index is 4.16. The average molecular weight is 137 g/mol. The number of nitrogens with two attached hydrogens (primary N) is 1. The van der Waals surface area contributed by atoms with Crippen LogP contribution in [0, 0.1) is 0 Å². The zero-order valence-electron chi connectivity index (χ0n) is 6.89. The number of rotatable bonds is 2. The number of hydrogen-bond acceptors (Lipinski definition) is 1. The smallest absolute Gasteiger partial charge is 0.0313 e. The molecule has 0 saturated heterocycles. The lowest BCUT2D eigenvalue weighted by molar-refractivity contribution is 1.36. The normalized spacial score (nSPS) is 14.7. The minimum Gasteiger partial charge on any atom is -0.399 e. The van der Waals surface area contributed by atoms with Gasteiger partial charge in [-0.25, -0.2) is 0 Å². The maximum Gasteiger partial charge on any atom is 0.0313 e. The Morgan fingerprint density at radius 3 is 2.30 bits per heavy atom. The molecule has 0 aliphatic rings. The Kier molecular flexibility index (Phi) is 4.38. The largest absolute Gasteiger partial charge is 0.399 e. The highest BCUT2D eigenvalue weighted by Gasteiger charge is 1.81. The number of allylic oxidation sites excluding steroid dienone is 5. The summed E-state index contributed by atoms with van der Waals surface area (Å²) in [6, 6.07) is 0. The second-order valence-corrected chi connectivity index (χ2v) is 2.18. The van der Waals surface area contributed by atoms with Crippen molar-refractivity contribution in [3.05, 3.63) is 35.6 Å². The standard InChI is InChI=1S/C9H15N/c1-4-6-9(10)7-8(3)5-2/h4-7H,10H2,1-3H3/b6-4-,8-5-,9-7+. The van der Waals surface area contributed by atoms with Crippen molar-refractivity contribution in [2.24, 2.45) is 5.73 Å². The molecule has 0 radical (unpaired) electrons. The van der Waals surface area contributed by atoms with Crippen LogP contribution in [0.1, 0.15) is 20.8 Å². The van der Waals surface area contributed by atoms with Crippen LogP contribution in [0.25, 0.3) is 0 Å². The van der Waals surface area contributed by atoms with Crippen molar-refractivity contribution in [3.8, 4) is 0 Å². The Morgan fingerprint density at radius 2 is 1.90 bits per heavy atom. The van der Waals surface area contributed by atoms with Crippen LogP contribution >= 0.6 is 0 Å². The fourth-order valence-electron chi connectivity index (χ4n) is 0.587. The molecule has 56 valence electrons. The van der Waals surface area contributed by atoms with E-state index in [2.05, 4.69) is 0 Å². The summed E-state index contributed by atoms with van der Waals surface area (Å²) in [6.07, 6.45) is 7.78. The Hall–Kier alpha value is -0.980. The highest BCUT2D eigenvalue weighted by Crippen LogP contribution is 1.97. The van der Waals surface area contributed by atoms with Gasteiger partial charge in [0.15, 0.2) is 0 Å². The average Bonchev–Trinajstić information content (AvgIpc) is 1.88. The molecule has 0 aromatic rings. The van der Waals surface area contributed by atoms with E-state index in [0.29, 0.717) is 0 Å². The van der Waals surface area contributed by atoms with Crippen molar-refractivity contribution < 1.29 is 0 Å². The fraction of sp³-hybridized carbons (Fsp3) is 0.333. The molecule has 0 spiro atoms. The first-order valence-corrected chi connectivity index (χ1v) is 3.43. The summed E-state index contributed by atoms with van der Waals surface area (Å²) in [5.74, 6) is 0. The molecule has 0 heterocycles. The summed E-state index contributed by atoms with van der Waals surface area (Å²) in [5, 5.41) is 0. The molecule has 0 rings (SSSR count). The van der Waals surface area contributed by atoms with Gasteiger partial charge < -0.3 is 5.73 Å². The van der Waals surface area contributed by atoms with E-state index in [9.17, 15) is 0 Å². The molecule has 0 aromatic carbocycles. The molecular formula is C9H15N. The summed E-state index contributed by atoms with van der Waals surface area (Å²) in [5.41, 5.74) is 7.59. The molecule has 0 amide bonds. The van der Waals surface area contributed by atoms with Crippen LogP contribution in [0.5, 0.6) is 0 Å². The van der Waals surface area contributed by atoms with Crippen LogP contribution in [0.4, 0.5) is 0 Å². The van der Waals surface area contributed by atoms with E-state index in [1.165, 1.54) is 5.57 Å². The highest BCUT2D eigenvalue weighted by atomic mass is 14.5. The van der Waals surface area contributed by atoms with E-state index in [4.69, 9.17) is 5.73 Å². The summed E-state index contributed by atoms with van der Waals surface area (Å²) in [7, 11) is 0. The van der Waals surface area contributed by atoms with Crippen molar-refractivity contribution >= 4 is 0 Å². The van der Waals surface area contributed by atoms with Crippen LogP contribution < -0.4 is 5.73 Å². The maximum atomic E-state index is 5.59. The van der Waals surface area contributed by atoms with Crippen LogP contribution in [0.2, 0.25) is 0 Å². The third-order valence-corrected chi connectivity index (χ3v) is 1.21. The SMILES string of the molecule is C\C=C/C(N)=C\C(C)=C/C. The molecule has 0 aliphatic heterocycles. The van der Waals surface area contributed by atoms with Gasteiger partial charge >= 0.3 is 0 Å². The highest BCUT2D eigenvalue weighted by molar-refractivity contribution is 5.25. The van der Waals surface area contributed by atoms with Gasteiger partial charge in [-0.15, -0.1) is 0 Å². The predicted octanol–water partition coefficient (Wildman–Crippen LogP) is 2.37. The third-order valence-electron chi connectivity index (χ3n) is 1.21. The molecule has 0 unspecified atom stereocenters. The second kappa shape index (κ2) is 4.86. The summed E-state index contributed by atoms with van der Waals surface area (Å²) in [6.45, 7) is 5.97. The van der Waals surface area contributed by atoms with Gasteiger partial charge in [0, 0.05) is 5.70 Å². The molecule has 0 aliphatic carbocycles.